The minimum atomic E-state index is -0.633. The minimum Gasteiger partial charge on any atom is -0.466 e. The van der Waals surface area contributed by atoms with Gasteiger partial charge in [0.2, 0.25) is 5.91 Å². The van der Waals surface area contributed by atoms with Gasteiger partial charge in [-0.3, -0.25) is 19.4 Å². The summed E-state index contributed by atoms with van der Waals surface area (Å²) in [5.41, 5.74) is 2.96. The van der Waals surface area contributed by atoms with Gasteiger partial charge in [-0.1, -0.05) is 24.3 Å². The molecule has 2 amide bonds. The molecule has 0 aliphatic rings. The third-order valence-electron chi connectivity index (χ3n) is 5.18. The van der Waals surface area contributed by atoms with Crippen LogP contribution in [0.3, 0.4) is 0 Å². The largest absolute Gasteiger partial charge is 0.466 e. The number of para-hydroxylation sites is 2. The van der Waals surface area contributed by atoms with Gasteiger partial charge < -0.3 is 25.1 Å². The zero-order valence-corrected chi connectivity index (χ0v) is 19.6. The van der Waals surface area contributed by atoms with Crippen molar-refractivity contribution in [1.29, 1.82) is 0 Å². The van der Waals surface area contributed by atoms with Crippen LogP contribution in [-0.4, -0.2) is 40.9 Å². The number of anilines is 2. The number of esters is 1. The van der Waals surface area contributed by atoms with Crippen molar-refractivity contribution in [3.63, 3.8) is 0 Å². The van der Waals surface area contributed by atoms with E-state index < -0.39 is 23.8 Å². The molecule has 0 aliphatic carbocycles. The van der Waals surface area contributed by atoms with Crippen molar-refractivity contribution < 1.29 is 23.5 Å². The first-order valence-corrected chi connectivity index (χ1v) is 11.4. The molecule has 0 bridgehead atoms. The van der Waals surface area contributed by atoms with E-state index in [1.54, 1.807) is 55.7 Å². The number of amides is 2. The van der Waals surface area contributed by atoms with Gasteiger partial charge in [0.25, 0.3) is 11.9 Å². The molecule has 0 aliphatic heterocycles. The van der Waals surface area contributed by atoms with E-state index >= 15 is 0 Å². The van der Waals surface area contributed by atoms with E-state index in [1.807, 2.05) is 24.3 Å². The van der Waals surface area contributed by atoms with E-state index in [1.165, 1.54) is 0 Å². The number of hydrogen-bond donors (Lipinski definition) is 3. The molecule has 0 saturated heterocycles. The van der Waals surface area contributed by atoms with E-state index in [0.717, 1.165) is 0 Å². The van der Waals surface area contributed by atoms with Crippen LogP contribution in [-0.2, 0) is 14.3 Å². The van der Waals surface area contributed by atoms with Crippen molar-refractivity contribution in [2.45, 2.75) is 19.4 Å². The van der Waals surface area contributed by atoms with Crippen molar-refractivity contribution in [3.05, 3.63) is 84.2 Å². The van der Waals surface area contributed by atoms with E-state index in [2.05, 4.69) is 25.9 Å². The van der Waals surface area contributed by atoms with Crippen LogP contribution in [0.2, 0.25) is 0 Å². The van der Waals surface area contributed by atoms with Gasteiger partial charge >= 0.3 is 5.97 Å². The van der Waals surface area contributed by atoms with Gasteiger partial charge in [-0.05, 0) is 48.9 Å². The summed E-state index contributed by atoms with van der Waals surface area (Å²) in [7, 11) is 0. The Bertz CT molecular complexity index is 1320. The van der Waals surface area contributed by atoms with Gasteiger partial charge in [0.15, 0.2) is 5.58 Å². The van der Waals surface area contributed by atoms with Gasteiger partial charge in [0.05, 0.1) is 25.6 Å². The van der Waals surface area contributed by atoms with Crippen LogP contribution in [0.4, 0.5) is 11.7 Å². The maximum atomic E-state index is 12.7. The number of nitrogens with zero attached hydrogens (tertiary/aromatic N) is 2. The van der Waals surface area contributed by atoms with Crippen LogP contribution < -0.4 is 16.0 Å². The van der Waals surface area contributed by atoms with Gasteiger partial charge in [-0.25, -0.2) is 0 Å². The maximum absolute atomic E-state index is 12.7. The lowest BCUT2D eigenvalue weighted by Crippen LogP contribution is -2.39. The fraction of sp³-hybridized carbons (Fsp3) is 0.192. The lowest BCUT2D eigenvalue weighted by atomic mass is 10.1. The highest BCUT2D eigenvalue weighted by Crippen LogP contribution is 2.22. The third kappa shape index (κ3) is 6.44. The molecule has 1 unspecified atom stereocenters. The molecule has 2 heterocycles. The SMILES string of the molecule is CCOC(=O)CC(NC(=O)CNC(=O)c1cccc(Nc2nc3ccccc3o2)c1)c1cccnc1. The number of carbonyl (C=O) groups is 3. The standard InChI is InChI=1S/C26H25N5O5/c1-2-35-24(33)14-21(18-8-6-12-27-15-18)30-23(32)16-28-25(34)17-7-5-9-19(13-17)29-26-31-20-10-3-4-11-22(20)36-26/h3-13,15,21H,2,14,16H2,1H3,(H,28,34)(H,29,31)(H,30,32). The normalized spacial score (nSPS) is 11.5. The fourth-order valence-electron chi connectivity index (χ4n) is 3.52. The Morgan fingerprint density at radius 3 is 2.69 bits per heavy atom. The summed E-state index contributed by atoms with van der Waals surface area (Å²) in [5.74, 6) is -1.34. The number of oxazole rings is 1. The lowest BCUT2D eigenvalue weighted by molar-refractivity contribution is -0.143. The lowest BCUT2D eigenvalue weighted by Gasteiger charge is -2.18. The maximum Gasteiger partial charge on any atom is 0.308 e. The molecule has 2 aromatic heterocycles. The molecule has 10 heteroatoms. The van der Waals surface area contributed by atoms with Crippen molar-refractivity contribution in [1.82, 2.24) is 20.6 Å². The Kier molecular flexibility index (Phi) is 7.87. The molecule has 0 fully saturated rings. The highest BCUT2D eigenvalue weighted by Gasteiger charge is 2.20. The van der Waals surface area contributed by atoms with Gasteiger partial charge in [-0.2, -0.15) is 4.98 Å². The number of hydrogen-bond acceptors (Lipinski definition) is 8. The summed E-state index contributed by atoms with van der Waals surface area (Å²) >= 11 is 0. The fourth-order valence-corrected chi connectivity index (χ4v) is 3.52. The number of rotatable bonds is 10. The molecule has 1 atom stereocenters. The minimum absolute atomic E-state index is 0.0528. The zero-order chi connectivity index (χ0) is 25.3. The smallest absolute Gasteiger partial charge is 0.308 e. The summed E-state index contributed by atoms with van der Waals surface area (Å²) in [5, 5.41) is 8.40. The number of pyridine rings is 1. The molecule has 0 radical (unpaired) electrons. The molecule has 10 nitrogen and oxygen atoms in total. The monoisotopic (exact) mass is 487 g/mol. The number of benzene rings is 2. The summed E-state index contributed by atoms with van der Waals surface area (Å²) in [4.78, 5) is 45.6. The van der Waals surface area contributed by atoms with E-state index in [0.29, 0.717) is 33.9 Å². The number of carbonyl (C=O) groups excluding carboxylic acids is 3. The van der Waals surface area contributed by atoms with Crippen LogP contribution in [0, 0.1) is 0 Å². The Hall–Kier alpha value is -4.73. The van der Waals surface area contributed by atoms with Crippen molar-refractivity contribution in [3.8, 4) is 0 Å². The van der Waals surface area contributed by atoms with Crippen LogP contribution in [0.25, 0.3) is 11.1 Å². The van der Waals surface area contributed by atoms with Crippen molar-refractivity contribution >= 4 is 40.6 Å². The molecule has 0 saturated carbocycles. The molecule has 36 heavy (non-hydrogen) atoms. The number of ether oxygens (including phenoxy) is 1. The number of nitrogens with one attached hydrogen (secondary N) is 3. The van der Waals surface area contributed by atoms with Crippen LogP contribution in [0.1, 0.15) is 35.3 Å². The highest BCUT2D eigenvalue weighted by molar-refractivity contribution is 5.97. The van der Waals surface area contributed by atoms with E-state index in [4.69, 9.17) is 9.15 Å². The zero-order valence-electron chi connectivity index (χ0n) is 19.6. The molecule has 3 N–H and O–H groups in total. The number of fused-ring (bicyclic) bond motifs is 1. The van der Waals surface area contributed by atoms with E-state index in [9.17, 15) is 14.4 Å². The summed E-state index contributed by atoms with van der Waals surface area (Å²) in [6.45, 7) is 1.67. The third-order valence-corrected chi connectivity index (χ3v) is 5.18. The first-order valence-electron chi connectivity index (χ1n) is 11.4. The van der Waals surface area contributed by atoms with Crippen molar-refractivity contribution in [2.24, 2.45) is 0 Å². The van der Waals surface area contributed by atoms with Gasteiger partial charge in [-0.15, -0.1) is 0 Å². The molecule has 2 aromatic carbocycles. The summed E-state index contributed by atoms with van der Waals surface area (Å²) in [6, 6.07) is 17.2. The average molecular weight is 488 g/mol. The van der Waals surface area contributed by atoms with E-state index in [-0.39, 0.29) is 19.6 Å². The van der Waals surface area contributed by atoms with Crippen molar-refractivity contribution in [2.75, 3.05) is 18.5 Å². The van der Waals surface area contributed by atoms with Gasteiger partial charge in [0.1, 0.15) is 5.52 Å². The molecule has 4 aromatic rings. The van der Waals surface area contributed by atoms with Gasteiger partial charge in [0, 0.05) is 23.6 Å². The quantitative estimate of drug-likeness (QED) is 0.289. The van der Waals surface area contributed by atoms with Crippen LogP contribution in [0.15, 0.2) is 77.5 Å². The Morgan fingerprint density at radius 2 is 1.92 bits per heavy atom. The highest BCUT2D eigenvalue weighted by atomic mass is 16.5. The Morgan fingerprint density at radius 1 is 1.06 bits per heavy atom. The predicted octanol–water partition coefficient (Wildman–Crippen LogP) is 3.51. The number of aromatic nitrogens is 2. The summed E-state index contributed by atoms with van der Waals surface area (Å²) in [6.07, 6.45) is 3.11. The first kappa shape index (κ1) is 24.4. The second-order valence-corrected chi connectivity index (χ2v) is 7.79. The second kappa shape index (κ2) is 11.6. The van der Waals surface area contributed by atoms with Crippen LogP contribution >= 0.6 is 0 Å². The second-order valence-electron chi connectivity index (χ2n) is 7.79. The summed E-state index contributed by atoms with van der Waals surface area (Å²) < 4.78 is 10.7. The molecular weight excluding hydrogens is 462 g/mol. The first-order chi connectivity index (χ1) is 17.5. The molecular formula is C26H25N5O5. The molecule has 184 valence electrons. The molecule has 0 spiro atoms. The molecule has 4 rings (SSSR count). The Labute approximate surface area is 207 Å². The Balaban J connectivity index is 1.35. The average Bonchev–Trinajstić information content (AvgIpc) is 3.30. The van der Waals surface area contributed by atoms with Crippen LogP contribution in [0.5, 0.6) is 0 Å². The topological polar surface area (TPSA) is 135 Å². The predicted molar refractivity (Wildman–Crippen MR) is 132 cm³/mol.